The van der Waals surface area contributed by atoms with E-state index in [-0.39, 0.29) is 22.4 Å². The second-order valence-corrected chi connectivity index (χ2v) is 7.59. The molecule has 0 unspecified atom stereocenters. The van der Waals surface area contributed by atoms with Gasteiger partial charge in [0.05, 0.1) is 10.6 Å². The summed E-state index contributed by atoms with van der Waals surface area (Å²) in [6.07, 6.45) is 0.557. The van der Waals surface area contributed by atoms with Crippen molar-refractivity contribution in [3.63, 3.8) is 0 Å². The van der Waals surface area contributed by atoms with Crippen LogP contribution in [0.5, 0.6) is 0 Å². The van der Waals surface area contributed by atoms with E-state index in [1.807, 2.05) is 0 Å². The fourth-order valence-electron chi connectivity index (χ4n) is 1.95. The first-order valence-corrected chi connectivity index (χ1v) is 9.65. The quantitative estimate of drug-likeness (QED) is 0.731. The molecule has 1 amide bonds. The molecule has 0 aliphatic carbocycles. The summed E-state index contributed by atoms with van der Waals surface area (Å²) in [6.45, 7) is 0.408. The molecule has 24 heavy (non-hydrogen) atoms. The molecule has 5 nitrogen and oxygen atoms in total. The van der Waals surface area contributed by atoms with Crippen LogP contribution in [-0.2, 0) is 21.2 Å². The van der Waals surface area contributed by atoms with Crippen LogP contribution in [0.1, 0.15) is 5.56 Å². The highest BCUT2D eigenvalue weighted by Gasteiger charge is 2.08. The van der Waals surface area contributed by atoms with Crippen LogP contribution >= 0.6 is 11.8 Å². The number of halogens is 1. The Balaban J connectivity index is 1.75. The van der Waals surface area contributed by atoms with Crippen LogP contribution in [0.4, 0.5) is 4.39 Å². The number of hydrogen-bond acceptors (Lipinski definition) is 4. The number of carbonyl (C=O) groups excluding carboxylic acids is 1. The normalized spacial score (nSPS) is 11.2. The third-order valence-corrected chi connectivity index (χ3v) is 5.16. The van der Waals surface area contributed by atoms with E-state index in [0.717, 1.165) is 17.3 Å². The molecule has 128 valence electrons. The molecular weight excluding hydrogens is 351 g/mol. The molecule has 2 rings (SSSR count). The Bertz CT molecular complexity index is 808. The van der Waals surface area contributed by atoms with Gasteiger partial charge in [-0.1, -0.05) is 24.3 Å². The average Bonchev–Trinajstić information content (AvgIpc) is 2.54. The van der Waals surface area contributed by atoms with Gasteiger partial charge in [0.2, 0.25) is 15.9 Å². The zero-order chi connectivity index (χ0) is 17.6. The molecule has 2 aromatic rings. The number of benzene rings is 2. The molecular formula is C16H17FN2O3S2. The van der Waals surface area contributed by atoms with Gasteiger partial charge < -0.3 is 5.32 Å². The lowest BCUT2D eigenvalue weighted by molar-refractivity contribution is -0.118. The maximum absolute atomic E-state index is 13.4. The smallest absolute Gasteiger partial charge is 0.238 e. The molecule has 0 radical (unpaired) electrons. The number of amides is 1. The Labute approximate surface area is 144 Å². The lowest BCUT2D eigenvalue weighted by Gasteiger charge is -2.06. The first-order valence-electron chi connectivity index (χ1n) is 7.12. The summed E-state index contributed by atoms with van der Waals surface area (Å²) in [4.78, 5) is 12.2. The molecule has 3 N–H and O–H groups in total. The Kier molecular flexibility index (Phi) is 6.36. The fourth-order valence-corrected chi connectivity index (χ4v) is 3.23. The van der Waals surface area contributed by atoms with Gasteiger partial charge in [-0.3, -0.25) is 4.79 Å². The second-order valence-electron chi connectivity index (χ2n) is 5.01. The molecule has 0 fully saturated rings. The Morgan fingerprint density at radius 1 is 1.12 bits per heavy atom. The van der Waals surface area contributed by atoms with Gasteiger partial charge in [-0.2, -0.15) is 0 Å². The number of primary sulfonamides is 1. The highest BCUT2D eigenvalue weighted by atomic mass is 32.2. The van der Waals surface area contributed by atoms with E-state index in [2.05, 4.69) is 5.32 Å². The van der Waals surface area contributed by atoms with Crippen molar-refractivity contribution in [2.24, 2.45) is 5.14 Å². The van der Waals surface area contributed by atoms with E-state index >= 15 is 0 Å². The van der Waals surface area contributed by atoms with Crippen molar-refractivity contribution < 1.29 is 17.6 Å². The van der Waals surface area contributed by atoms with Crippen molar-refractivity contribution in [2.75, 3.05) is 12.3 Å². The van der Waals surface area contributed by atoms with Gasteiger partial charge in [0.1, 0.15) is 5.82 Å². The zero-order valence-corrected chi connectivity index (χ0v) is 14.4. The minimum Gasteiger partial charge on any atom is -0.355 e. The summed E-state index contributed by atoms with van der Waals surface area (Å²) in [5, 5.41) is 7.77. The molecule has 0 bridgehead atoms. The van der Waals surface area contributed by atoms with Gasteiger partial charge in [0.15, 0.2) is 0 Å². The van der Waals surface area contributed by atoms with Crippen molar-refractivity contribution in [1.29, 1.82) is 0 Å². The third kappa shape index (κ3) is 5.63. The SMILES string of the molecule is NS(=O)(=O)c1ccc(CCNC(=O)CSc2ccccc2F)cc1. The standard InChI is InChI=1S/C16H17FN2O3S2/c17-14-3-1-2-4-15(14)23-11-16(20)19-10-9-12-5-7-13(8-6-12)24(18,21)22/h1-8H,9-11H2,(H,19,20)(H2,18,21,22). The lowest BCUT2D eigenvalue weighted by atomic mass is 10.1. The predicted octanol–water partition coefficient (Wildman–Crippen LogP) is 1.92. The number of hydrogen-bond donors (Lipinski definition) is 2. The van der Waals surface area contributed by atoms with Gasteiger partial charge in [-0.25, -0.2) is 17.9 Å². The van der Waals surface area contributed by atoms with Crippen molar-refractivity contribution >= 4 is 27.7 Å². The molecule has 0 saturated heterocycles. The van der Waals surface area contributed by atoms with Crippen molar-refractivity contribution in [3.8, 4) is 0 Å². The third-order valence-electron chi connectivity index (χ3n) is 3.18. The summed E-state index contributed by atoms with van der Waals surface area (Å²) in [7, 11) is -3.69. The first-order chi connectivity index (χ1) is 11.4. The number of carbonyl (C=O) groups is 1. The maximum Gasteiger partial charge on any atom is 0.238 e. The molecule has 0 heterocycles. The van der Waals surface area contributed by atoms with E-state index in [0.29, 0.717) is 17.9 Å². The average molecular weight is 368 g/mol. The van der Waals surface area contributed by atoms with Gasteiger partial charge in [0.25, 0.3) is 0 Å². The highest BCUT2D eigenvalue weighted by molar-refractivity contribution is 8.00. The van der Waals surface area contributed by atoms with Gasteiger partial charge in [-0.15, -0.1) is 11.8 Å². The first kappa shape index (κ1) is 18.4. The molecule has 8 heteroatoms. The van der Waals surface area contributed by atoms with Crippen LogP contribution in [0.3, 0.4) is 0 Å². The molecule has 0 aromatic heterocycles. The van der Waals surface area contributed by atoms with Crippen LogP contribution in [0.2, 0.25) is 0 Å². The van der Waals surface area contributed by atoms with Crippen LogP contribution in [0, 0.1) is 5.82 Å². The highest BCUT2D eigenvalue weighted by Crippen LogP contribution is 2.20. The van der Waals surface area contributed by atoms with E-state index in [1.165, 1.54) is 18.2 Å². The predicted molar refractivity (Wildman–Crippen MR) is 91.7 cm³/mol. The fraction of sp³-hybridized carbons (Fsp3) is 0.188. The largest absolute Gasteiger partial charge is 0.355 e. The number of sulfonamides is 1. The van der Waals surface area contributed by atoms with Crippen LogP contribution in [0.25, 0.3) is 0 Å². The van der Waals surface area contributed by atoms with E-state index in [4.69, 9.17) is 5.14 Å². The minimum absolute atomic E-state index is 0.0524. The van der Waals surface area contributed by atoms with Gasteiger partial charge in [0, 0.05) is 11.4 Å². The summed E-state index contributed by atoms with van der Waals surface area (Å²) >= 11 is 1.14. The molecule has 0 spiro atoms. The molecule has 0 aliphatic heterocycles. The Hall–Kier alpha value is -1.90. The molecule has 0 atom stereocenters. The van der Waals surface area contributed by atoms with Crippen LogP contribution in [0.15, 0.2) is 58.3 Å². The number of rotatable bonds is 7. The zero-order valence-electron chi connectivity index (χ0n) is 12.7. The van der Waals surface area contributed by atoms with Gasteiger partial charge in [-0.05, 0) is 36.2 Å². The topological polar surface area (TPSA) is 89.3 Å². The van der Waals surface area contributed by atoms with Crippen LogP contribution in [-0.4, -0.2) is 26.6 Å². The minimum atomic E-state index is -3.69. The summed E-state index contributed by atoms with van der Waals surface area (Å²) < 4.78 is 35.7. The summed E-state index contributed by atoms with van der Waals surface area (Å²) in [5.41, 5.74) is 0.879. The number of nitrogens with two attached hydrogens (primary N) is 1. The van der Waals surface area contributed by atoms with Crippen molar-refractivity contribution in [2.45, 2.75) is 16.2 Å². The summed E-state index contributed by atoms with van der Waals surface area (Å²) in [6, 6.07) is 12.5. The Morgan fingerprint density at radius 2 is 1.79 bits per heavy atom. The van der Waals surface area contributed by atoms with E-state index in [9.17, 15) is 17.6 Å². The number of nitrogens with one attached hydrogen (secondary N) is 1. The molecule has 0 aliphatic rings. The second kappa shape index (κ2) is 8.27. The number of thioether (sulfide) groups is 1. The van der Waals surface area contributed by atoms with Crippen molar-refractivity contribution in [3.05, 3.63) is 59.9 Å². The van der Waals surface area contributed by atoms with Gasteiger partial charge >= 0.3 is 0 Å². The van der Waals surface area contributed by atoms with Crippen LogP contribution < -0.4 is 10.5 Å². The van der Waals surface area contributed by atoms with E-state index < -0.39 is 10.0 Å². The summed E-state index contributed by atoms with van der Waals surface area (Å²) in [5.74, 6) is -0.402. The lowest BCUT2D eigenvalue weighted by Crippen LogP contribution is -2.27. The molecule has 0 saturated carbocycles. The van der Waals surface area contributed by atoms with Crippen molar-refractivity contribution in [1.82, 2.24) is 5.32 Å². The monoisotopic (exact) mass is 368 g/mol. The molecule has 2 aromatic carbocycles. The van der Waals surface area contributed by atoms with E-state index in [1.54, 1.807) is 30.3 Å². The Morgan fingerprint density at radius 3 is 2.42 bits per heavy atom. The maximum atomic E-state index is 13.4.